The molecular formula is C23H38N2O4. The molecule has 1 unspecified atom stereocenters. The molecule has 0 spiro atoms. The molecule has 164 valence electrons. The first-order valence-electron chi connectivity index (χ1n) is 10.3. The molecule has 6 nitrogen and oxygen atoms in total. The molecule has 6 heteroatoms. The Labute approximate surface area is 175 Å². The minimum atomic E-state index is -0.788. The van der Waals surface area contributed by atoms with Crippen LogP contribution in [0.15, 0.2) is 24.3 Å². The molecule has 0 saturated carbocycles. The third-order valence-electron chi connectivity index (χ3n) is 4.19. The second-order valence-corrected chi connectivity index (χ2v) is 9.38. The molecule has 1 amide bonds. The Bertz CT molecular complexity index is 642. The lowest BCUT2D eigenvalue weighted by atomic mass is 10.0. The van der Waals surface area contributed by atoms with E-state index >= 15 is 0 Å². The van der Waals surface area contributed by atoms with Gasteiger partial charge in [0.15, 0.2) is 0 Å². The molecular weight excluding hydrogens is 368 g/mol. The van der Waals surface area contributed by atoms with Crippen LogP contribution in [0.3, 0.4) is 0 Å². The molecule has 0 aromatic heterocycles. The van der Waals surface area contributed by atoms with Crippen molar-refractivity contribution in [1.82, 2.24) is 10.6 Å². The van der Waals surface area contributed by atoms with E-state index in [2.05, 4.69) is 43.5 Å². The van der Waals surface area contributed by atoms with Gasteiger partial charge in [0, 0.05) is 12.0 Å². The Kier molecular flexibility index (Phi) is 9.63. The highest BCUT2D eigenvalue weighted by atomic mass is 16.6. The minimum absolute atomic E-state index is 0.158. The van der Waals surface area contributed by atoms with Crippen LogP contribution in [-0.2, 0) is 27.1 Å². The first-order chi connectivity index (χ1) is 13.4. The van der Waals surface area contributed by atoms with Crippen molar-refractivity contribution in [2.45, 2.75) is 84.4 Å². The summed E-state index contributed by atoms with van der Waals surface area (Å²) < 4.78 is 10.1. The van der Waals surface area contributed by atoms with Gasteiger partial charge in [0.05, 0.1) is 7.11 Å². The maximum absolute atomic E-state index is 12.1. The summed E-state index contributed by atoms with van der Waals surface area (Å²) in [7, 11) is 1.31. The van der Waals surface area contributed by atoms with E-state index in [4.69, 9.17) is 9.47 Å². The summed E-state index contributed by atoms with van der Waals surface area (Å²) in [5, 5.41) is 6.10. The van der Waals surface area contributed by atoms with E-state index in [1.54, 1.807) is 20.8 Å². The molecule has 1 rings (SSSR count). The Morgan fingerprint density at radius 1 is 0.966 bits per heavy atom. The van der Waals surface area contributed by atoms with Crippen LogP contribution in [0.2, 0.25) is 0 Å². The Hall–Kier alpha value is -2.08. The largest absolute Gasteiger partial charge is 0.467 e. The van der Waals surface area contributed by atoms with Gasteiger partial charge in [-0.15, -0.1) is 0 Å². The number of benzene rings is 1. The van der Waals surface area contributed by atoms with Gasteiger partial charge in [-0.25, -0.2) is 9.59 Å². The van der Waals surface area contributed by atoms with Crippen LogP contribution >= 0.6 is 0 Å². The summed E-state index contributed by atoms with van der Waals surface area (Å²) in [5.74, 6) is -0.494. The van der Waals surface area contributed by atoms with E-state index < -0.39 is 23.7 Å². The lowest BCUT2D eigenvalue weighted by Crippen LogP contribution is -2.45. The molecule has 0 saturated heterocycles. The summed E-state index contributed by atoms with van der Waals surface area (Å²) in [6.45, 7) is 12.9. The van der Waals surface area contributed by atoms with Crippen molar-refractivity contribution in [3.63, 3.8) is 0 Å². The fourth-order valence-electron chi connectivity index (χ4n) is 2.78. The van der Waals surface area contributed by atoms with Crippen molar-refractivity contribution in [1.29, 1.82) is 0 Å². The number of rotatable bonds is 9. The molecule has 0 aliphatic heterocycles. The van der Waals surface area contributed by atoms with Crippen molar-refractivity contribution in [3.8, 4) is 0 Å². The van der Waals surface area contributed by atoms with E-state index in [0.29, 0.717) is 6.42 Å². The molecule has 0 aliphatic carbocycles. The highest BCUT2D eigenvalue weighted by molar-refractivity contribution is 5.81. The van der Waals surface area contributed by atoms with Gasteiger partial charge in [0.1, 0.15) is 11.6 Å². The molecule has 0 heterocycles. The molecule has 1 atom stereocenters. The lowest BCUT2D eigenvalue weighted by Gasteiger charge is -2.22. The number of carbonyl (C=O) groups excluding carboxylic acids is 2. The predicted octanol–water partition coefficient (Wildman–Crippen LogP) is 4.01. The molecule has 2 N–H and O–H groups in total. The van der Waals surface area contributed by atoms with Gasteiger partial charge in [-0.2, -0.15) is 0 Å². The minimum Gasteiger partial charge on any atom is -0.467 e. The summed E-state index contributed by atoms with van der Waals surface area (Å²) in [6.07, 6.45) is 2.98. The van der Waals surface area contributed by atoms with Crippen molar-refractivity contribution in [2.75, 3.05) is 13.7 Å². The average Bonchev–Trinajstić information content (AvgIpc) is 2.59. The average molecular weight is 407 g/mol. The number of carbonyl (C=O) groups is 2. The van der Waals surface area contributed by atoms with E-state index in [1.165, 1.54) is 12.7 Å². The number of hydrogen-bond donors (Lipinski definition) is 2. The summed E-state index contributed by atoms with van der Waals surface area (Å²) >= 11 is 0. The number of esters is 1. The number of methoxy groups -OCH3 is 1. The highest BCUT2D eigenvalue weighted by Crippen LogP contribution is 2.12. The van der Waals surface area contributed by atoms with E-state index in [-0.39, 0.29) is 5.54 Å². The van der Waals surface area contributed by atoms with Crippen molar-refractivity contribution in [2.24, 2.45) is 0 Å². The fraction of sp³-hybridized carbons (Fsp3) is 0.652. The van der Waals surface area contributed by atoms with E-state index in [1.807, 2.05) is 12.1 Å². The van der Waals surface area contributed by atoms with Gasteiger partial charge in [0.2, 0.25) is 0 Å². The molecule has 0 fully saturated rings. The molecule has 1 aromatic rings. The maximum Gasteiger partial charge on any atom is 0.408 e. The zero-order valence-corrected chi connectivity index (χ0v) is 19.1. The molecule has 29 heavy (non-hydrogen) atoms. The second kappa shape index (κ2) is 11.2. The Balaban J connectivity index is 2.56. The second-order valence-electron chi connectivity index (χ2n) is 9.38. The van der Waals surface area contributed by atoms with Crippen molar-refractivity contribution < 1.29 is 19.1 Å². The van der Waals surface area contributed by atoms with Crippen molar-refractivity contribution in [3.05, 3.63) is 35.4 Å². The van der Waals surface area contributed by atoms with Crippen LogP contribution in [-0.4, -0.2) is 42.9 Å². The number of unbranched alkanes of at least 4 members (excludes halogenated alkanes) is 1. The monoisotopic (exact) mass is 406 g/mol. The first kappa shape index (κ1) is 25.0. The van der Waals surface area contributed by atoms with Crippen LogP contribution < -0.4 is 10.6 Å². The number of hydrogen-bond acceptors (Lipinski definition) is 5. The van der Waals surface area contributed by atoms with Gasteiger partial charge >= 0.3 is 12.1 Å². The van der Waals surface area contributed by atoms with Gasteiger partial charge < -0.3 is 20.1 Å². The van der Waals surface area contributed by atoms with Crippen LogP contribution in [0.1, 0.15) is 65.5 Å². The molecule has 0 aliphatic rings. The summed E-state index contributed by atoms with van der Waals surface area (Å²) in [6, 6.07) is 7.36. The van der Waals surface area contributed by atoms with Crippen LogP contribution in [0.4, 0.5) is 4.79 Å². The van der Waals surface area contributed by atoms with Gasteiger partial charge in [0.25, 0.3) is 0 Å². The number of nitrogens with one attached hydrogen (secondary N) is 2. The van der Waals surface area contributed by atoms with Gasteiger partial charge in [-0.05, 0) is 78.5 Å². The SMILES string of the molecule is COC(=O)C(Cc1ccc(CCCCNC(C)(C)C)cc1)NC(=O)OC(C)(C)C. The van der Waals surface area contributed by atoms with Gasteiger partial charge in [-0.1, -0.05) is 24.3 Å². The zero-order chi connectivity index (χ0) is 22.1. The van der Waals surface area contributed by atoms with Gasteiger partial charge in [-0.3, -0.25) is 0 Å². The number of amides is 1. The first-order valence-corrected chi connectivity index (χ1v) is 10.3. The molecule has 1 aromatic carbocycles. The predicted molar refractivity (Wildman–Crippen MR) is 116 cm³/mol. The van der Waals surface area contributed by atoms with Crippen LogP contribution in [0, 0.1) is 0 Å². The number of ether oxygens (including phenoxy) is 2. The number of aryl methyl sites for hydroxylation is 1. The Morgan fingerprint density at radius 2 is 1.55 bits per heavy atom. The van der Waals surface area contributed by atoms with Crippen molar-refractivity contribution >= 4 is 12.1 Å². The standard InChI is InChI=1S/C23H38N2O4/c1-22(2,3)24-15-9-8-10-17-11-13-18(14-12-17)16-19(20(26)28-7)25-21(27)29-23(4,5)6/h11-14,19,24H,8-10,15-16H2,1-7H3,(H,25,27). The molecule has 0 bridgehead atoms. The van der Waals surface area contributed by atoms with Crippen LogP contribution in [0.5, 0.6) is 0 Å². The van der Waals surface area contributed by atoms with Crippen LogP contribution in [0.25, 0.3) is 0 Å². The topological polar surface area (TPSA) is 76.7 Å². The lowest BCUT2D eigenvalue weighted by molar-refractivity contribution is -0.143. The summed E-state index contributed by atoms with van der Waals surface area (Å²) in [4.78, 5) is 24.1. The normalized spacial score (nSPS) is 12.9. The zero-order valence-electron chi connectivity index (χ0n) is 19.1. The molecule has 0 radical (unpaired) electrons. The smallest absolute Gasteiger partial charge is 0.408 e. The quantitative estimate of drug-likeness (QED) is 0.479. The maximum atomic E-state index is 12.1. The fourth-order valence-corrected chi connectivity index (χ4v) is 2.78. The van der Waals surface area contributed by atoms with E-state index in [0.717, 1.165) is 31.4 Å². The third-order valence-corrected chi connectivity index (χ3v) is 4.19. The number of alkyl carbamates (subject to hydrolysis) is 1. The third kappa shape index (κ3) is 11.5. The van der Waals surface area contributed by atoms with E-state index in [9.17, 15) is 9.59 Å². The Morgan fingerprint density at radius 3 is 2.07 bits per heavy atom. The summed E-state index contributed by atoms with van der Waals surface area (Å²) in [5.41, 5.74) is 1.74. The highest BCUT2D eigenvalue weighted by Gasteiger charge is 2.25.